The molecule has 0 fully saturated rings. The van der Waals surface area contributed by atoms with Gasteiger partial charge in [0.2, 0.25) is 0 Å². The predicted molar refractivity (Wildman–Crippen MR) is 82.9 cm³/mol. The minimum Gasteiger partial charge on any atom is -0.243 e. The van der Waals surface area contributed by atoms with Crippen LogP contribution >= 0.6 is 0 Å². The minimum absolute atomic E-state index is 0.563. The smallest absolute Gasteiger partial charge is 0.152 e. The zero-order valence-electron chi connectivity index (χ0n) is 12.7. The highest BCUT2D eigenvalue weighted by Gasteiger charge is 2.01. The number of aliphatic imine (C=N–C) groups is 1. The topological polar surface area (TPSA) is 37.1 Å². The van der Waals surface area contributed by atoms with Crippen LogP contribution in [0.3, 0.4) is 0 Å². The Morgan fingerprint density at radius 2 is 1.26 bits per heavy atom. The summed E-state index contributed by atoms with van der Waals surface area (Å²) in [6, 6.07) is 0. The van der Waals surface area contributed by atoms with Gasteiger partial charge in [0.15, 0.2) is 6.67 Å². The third-order valence-electron chi connectivity index (χ3n) is 3.76. The first kappa shape index (κ1) is 16.3. The van der Waals surface area contributed by atoms with Gasteiger partial charge in [0.1, 0.15) is 5.84 Å². The zero-order valence-corrected chi connectivity index (χ0v) is 12.7. The number of azo groups is 1. The average molecular weight is 265 g/mol. The van der Waals surface area contributed by atoms with E-state index in [0.717, 1.165) is 12.3 Å². The maximum atomic E-state index is 4.21. The summed E-state index contributed by atoms with van der Waals surface area (Å²) in [6.07, 6.45) is 17.8. The van der Waals surface area contributed by atoms with E-state index in [9.17, 15) is 0 Å². The van der Waals surface area contributed by atoms with E-state index < -0.39 is 0 Å². The van der Waals surface area contributed by atoms with E-state index in [0.29, 0.717) is 6.67 Å². The molecule has 0 saturated carbocycles. The molecule has 0 aromatic carbocycles. The summed E-state index contributed by atoms with van der Waals surface area (Å²) in [5.41, 5.74) is 0. The van der Waals surface area contributed by atoms with Gasteiger partial charge in [-0.1, -0.05) is 77.6 Å². The molecule has 0 bridgehead atoms. The van der Waals surface area contributed by atoms with Gasteiger partial charge in [-0.25, -0.2) is 4.99 Å². The molecule has 0 aliphatic carbocycles. The summed E-state index contributed by atoms with van der Waals surface area (Å²) in [4.78, 5) is 4.21. The molecule has 0 atom stereocenters. The highest BCUT2D eigenvalue weighted by atomic mass is 15.2. The molecule has 0 aromatic heterocycles. The van der Waals surface area contributed by atoms with Gasteiger partial charge in [-0.3, -0.25) is 0 Å². The largest absolute Gasteiger partial charge is 0.243 e. The molecule has 0 N–H and O–H groups in total. The molecule has 1 rings (SSSR count). The molecule has 0 saturated heterocycles. The highest BCUT2D eigenvalue weighted by molar-refractivity contribution is 5.83. The number of unbranched alkanes of at least 4 members (excludes halogenated alkanes) is 11. The molecule has 1 aliphatic rings. The Labute approximate surface area is 119 Å². The van der Waals surface area contributed by atoms with Gasteiger partial charge < -0.3 is 0 Å². The van der Waals surface area contributed by atoms with Crippen LogP contribution in [0.25, 0.3) is 0 Å². The van der Waals surface area contributed by atoms with Crippen molar-refractivity contribution in [3.05, 3.63) is 0 Å². The van der Waals surface area contributed by atoms with E-state index in [-0.39, 0.29) is 0 Å². The van der Waals surface area contributed by atoms with Crippen LogP contribution in [0.15, 0.2) is 15.2 Å². The fraction of sp³-hybridized carbons (Fsp3) is 0.938. The monoisotopic (exact) mass is 265 g/mol. The molecule has 0 unspecified atom stereocenters. The summed E-state index contributed by atoms with van der Waals surface area (Å²) >= 11 is 0. The molecule has 0 radical (unpaired) electrons. The lowest BCUT2D eigenvalue weighted by molar-refractivity contribution is 0.546. The summed E-state index contributed by atoms with van der Waals surface area (Å²) < 4.78 is 0. The van der Waals surface area contributed by atoms with Crippen molar-refractivity contribution in [2.75, 3.05) is 6.67 Å². The Hall–Kier alpha value is -0.730. The van der Waals surface area contributed by atoms with Crippen LogP contribution in [-0.4, -0.2) is 12.5 Å². The molecule has 1 aliphatic heterocycles. The van der Waals surface area contributed by atoms with Gasteiger partial charge >= 0.3 is 0 Å². The second-order valence-corrected chi connectivity index (χ2v) is 5.60. The van der Waals surface area contributed by atoms with Crippen LogP contribution in [0, 0.1) is 0 Å². The Balaban J connectivity index is 1.70. The standard InChI is InChI=1S/C16H31N3/c1-2-3-4-5-6-7-8-9-10-11-12-13-14-16-17-15-18-19-16/h2-15H2,1H3. The number of hydrogen-bond donors (Lipinski definition) is 0. The SMILES string of the molecule is CCCCCCCCCCCCCCC1=NCN=N1. The second-order valence-electron chi connectivity index (χ2n) is 5.60. The number of hydrogen-bond acceptors (Lipinski definition) is 3. The first-order chi connectivity index (χ1) is 9.43. The average Bonchev–Trinajstić information content (AvgIpc) is 2.93. The first-order valence-electron chi connectivity index (χ1n) is 8.34. The second kappa shape index (κ2) is 12.3. The number of nitrogens with zero attached hydrogens (tertiary/aromatic N) is 3. The molecule has 110 valence electrons. The molecule has 19 heavy (non-hydrogen) atoms. The lowest BCUT2D eigenvalue weighted by Gasteiger charge is -2.02. The van der Waals surface area contributed by atoms with E-state index in [1.165, 1.54) is 77.0 Å². The molecule has 1 heterocycles. The van der Waals surface area contributed by atoms with Crippen LogP contribution < -0.4 is 0 Å². The van der Waals surface area contributed by atoms with Gasteiger partial charge in [0.05, 0.1) is 0 Å². The predicted octanol–water partition coefficient (Wildman–Crippen LogP) is 5.90. The van der Waals surface area contributed by atoms with Gasteiger partial charge in [-0.05, 0) is 6.42 Å². The normalized spacial score (nSPS) is 14.1. The summed E-state index contributed by atoms with van der Waals surface area (Å²) in [6.45, 7) is 2.84. The highest BCUT2D eigenvalue weighted by Crippen LogP contribution is 2.13. The fourth-order valence-corrected chi connectivity index (χ4v) is 2.51. The Bertz CT molecular complexity index is 259. The lowest BCUT2D eigenvalue weighted by atomic mass is 10.0. The van der Waals surface area contributed by atoms with Crippen molar-refractivity contribution in [3.63, 3.8) is 0 Å². The maximum absolute atomic E-state index is 4.21. The van der Waals surface area contributed by atoms with E-state index in [1.54, 1.807) is 0 Å². The Kier molecular flexibility index (Phi) is 10.6. The number of amidine groups is 1. The first-order valence-corrected chi connectivity index (χ1v) is 8.34. The summed E-state index contributed by atoms with van der Waals surface area (Å²) in [7, 11) is 0. The van der Waals surface area contributed by atoms with E-state index >= 15 is 0 Å². The van der Waals surface area contributed by atoms with E-state index in [1.807, 2.05) is 0 Å². The van der Waals surface area contributed by atoms with Crippen LogP contribution in [0.5, 0.6) is 0 Å². The van der Waals surface area contributed by atoms with Crippen molar-refractivity contribution < 1.29 is 0 Å². The van der Waals surface area contributed by atoms with Crippen LogP contribution in [0.4, 0.5) is 0 Å². The molecule has 0 amide bonds. The van der Waals surface area contributed by atoms with Gasteiger partial charge in [0.25, 0.3) is 0 Å². The van der Waals surface area contributed by atoms with Crippen LogP contribution in [0.1, 0.15) is 90.4 Å². The third kappa shape index (κ3) is 9.80. The number of rotatable bonds is 13. The molecule has 0 aromatic rings. The summed E-state index contributed by atoms with van der Waals surface area (Å²) in [5.74, 6) is 0.965. The van der Waals surface area contributed by atoms with Crippen molar-refractivity contribution >= 4 is 5.84 Å². The zero-order chi connectivity index (χ0) is 13.6. The van der Waals surface area contributed by atoms with Gasteiger partial charge in [0, 0.05) is 6.42 Å². The Morgan fingerprint density at radius 3 is 1.74 bits per heavy atom. The van der Waals surface area contributed by atoms with Crippen molar-refractivity contribution in [3.8, 4) is 0 Å². The minimum atomic E-state index is 0.563. The van der Waals surface area contributed by atoms with Gasteiger partial charge in [-0.15, -0.1) is 5.11 Å². The summed E-state index contributed by atoms with van der Waals surface area (Å²) in [5, 5.41) is 7.86. The molecule has 0 spiro atoms. The van der Waals surface area contributed by atoms with Gasteiger partial charge in [-0.2, -0.15) is 5.11 Å². The quantitative estimate of drug-likeness (QED) is 0.372. The fourth-order valence-electron chi connectivity index (χ4n) is 2.51. The Morgan fingerprint density at radius 1 is 0.737 bits per heavy atom. The van der Waals surface area contributed by atoms with Crippen molar-refractivity contribution in [2.45, 2.75) is 90.4 Å². The molecule has 3 heteroatoms. The van der Waals surface area contributed by atoms with E-state index in [4.69, 9.17) is 0 Å². The molecule has 3 nitrogen and oxygen atoms in total. The van der Waals surface area contributed by atoms with Crippen molar-refractivity contribution in [1.82, 2.24) is 0 Å². The van der Waals surface area contributed by atoms with Crippen LogP contribution in [-0.2, 0) is 0 Å². The maximum Gasteiger partial charge on any atom is 0.152 e. The third-order valence-corrected chi connectivity index (χ3v) is 3.76. The molecular weight excluding hydrogens is 234 g/mol. The van der Waals surface area contributed by atoms with Crippen molar-refractivity contribution in [2.24, 2.45) is 15.2 Å². The van der Waals surface area contributed by atoms with Crippen LogP contribution in [0.2, 0.25) is 0 Å². The molecular formula is C16H31N3. The van der Waals surface area contributed by atoms with E-state index in [2.05, 4.69) is 22.1 Å². The van der Waals surface area contributed by atoms with Crippen molar-refractivity contribution in [1.29, 1.82) is 0 Å². The lowest BCUT2D eigenvalue weighted by Crippen LogP contribution is -1.90.